The summed E-state index contributed by atoms with van der Waals surface area (Å²) in [5.74, 6) is -0.291. The van der Waals surface area contributed by atoms with Crippen molar-refractivity contribution < 1.29 is 14.6 Å². The number of benzene rings is 5. The summed E-state index contributed by atoms with van der Waals surface area (Å²) in [7, 11) is 0. The van der Waals surface area contributed by atoms with Crippen LogP contribution in [0.4, 0.5) is 0 Å². The number of halogens is 6. The van der Waals surface area contributed by atoms with Gasteiger partial charge in [-0.05, 0) is 119 Å². The third-order valence-corrected chi connectivity index (χ3v) is 16.2. The number of nitrogens with zero attached hydrogens (tertiary/aromatic N) is 2. The van der Waals surface area contributed by atoms with Crippen LogP contribution in [0.1, 0.15) is 111 Å². The van der Waals surface area contributed by atoms with E-state index in [1.165, 1.54) is 0 Å². The lowest BCUT2D eigenvalue weighted by Crippen LogP contribution is -2.28. The van der Waals surface area contributed by atoms with E-state index in [4.69, 9.17) is 84.3 Å². The number of carboxylic acids is 1. The number of aromatic amines is 2. The number of hydrogen-bond donors (Lipinski definition) is 3. The fourth-order valence-electron chi connectivity index (χ4n) is 10.4. The van der Waals surface area contributed by atoms with Crippen molar-refractivity contribution in [3.8, 4) is 56.0 Å². The number of rotatable bonds is 5. The van der Waals surface area contributed by atoms with Gasteiger partial charge in [-0.1, -0.05) is 155 Å². The van der Waals surface area contributed by atoms with Crippen LogP contribution < -0.4 is 4.74 Å². The van der Waals surface area contributed by atoms with Gasteiger partial charge in [-0.15, -0.1) is 0 Å². The van der Waals surface area contributed by atoms with Gasteiger partial charge in [-0.25, -0.2) is 14.8 Å². The van der Waals surface area contributed by atoms with Gasteiger partial charge in [0.25, 0.3) is 0 Å². The fraction of sp³-hybridized carbons (Fsp3) is 0.177. The van der Waals surface area contributed by atoms with E-state index in [2.05, 4.69) is 83.6 Å². The van der Waals surface area contributed by atoms with E-state index in [1.54, 1.807) is 60.7 Å². The number of nitrogens with one attached hydrogen (secondary N) is 2. The number of H-pyrrole nitrogens is 2. The zero-order valence-electron chi connectivity index (χ0n) is 42.1. The molecule has 5 aromatic carbocycles. The number of ether oxygens (including phenoxy) is 1. The van der Waals surface area contributed by atoms with Crippen LogP contribution in [-0.4, -0.2) is 31.0 Å². The molecule has 3 aliphatic heterocycles. The summed E-state index contributed by atoms with van der Waals surface area (Å²) in [5, 5.41) is 13.4. The Bertz CT molecular complexity index is 3930. The molecule has 75 heavy (non-hydrogen) atoms. The highest BCUT2D eigenvalue weighted by molar-refractivity contribution is 6.41. The molecule has 6 heterocycles. The highest BCUT2D eigenvalue weighted by atomic mass is 35.5. The minimum atomic E-state index is -1.09. The molecule has 0 unspecified atom stereocenters. The standard InChI is InChI=1S/C62H48Cl6N4O3/c1-60(2,3)30-26-32(57-34(28-30)62(7,8)35-29-31(61(4,5)6)27-33(59(73)74)58(35)75-57)50-42-18-20-44(69-42)54(51-36(63)12-9-13-37(51)64)46-22-24-48(71-46)56(53-40(67)16-11-17-41(53)68)49-25-23-47(72-49)55(45-21-19-43(50)70-45)52-38(65)14-10-15-39(52)66/h9-29,69,72H,1-8H3,(H,73,74). The predicted octanol–water partition coefficient (Wildman–Crippen LogP) is 20.0. The molecule has 0 amide bonds. The molecule has 3 N–H and O–H groups in total. The second-order valence-electron chi connectivity index (χ2n) is 21.6. The van der Waals surface area contributed by atoms with Crippen LogP contribution in [0.15, 0.2) is 103 Å². The molecule has 7 nitrogen and oxygen atoms in total. The number of fused-ring (bicyclic) bond motifs is 10. The smallest absolute Gasteiger partial charge is 0.339 e. The molecular formula is C62H48Cl6N4O3. The van der Waals surface area contributed by atoms with Crippen molar-refractivity contribution in [2.75, 3.05) is 0 Å². The molecule has 0 atom stereocenters. The topological polar surface area (TPSA) is 104 Å². The lowest BCUT2D eigenvalue weighted by molar-refractivity contribution is 0.0693. The molecule has 0 saturated carbocycles. The third kappa shape index (κ3) is 8.66. The average molecular weight is 1110 g/mol. The Morgan fingerprint density at radius 3 is 1.17 bits per heavy atom. The maximum absolute atomic E-state index is 13.4. The minimum Gasteiger partial charge on any atom is -0.478 e. The molecule has 3 aliphatic rings. The van der Waals surface area contributed by atoms with Gasteiger partial charge in [0.2, 0.25) is 0 Å². The molecule has 0 saturated heterocycles. The van der Waals surface area contributed by atoms with Crippen LogP contribution in [0, 0.1) is 0 Å². The molecule has 0 aliphatic carbocycles. The highest BCUT2D eigenvalue weighted by Crippen LogP contribution is 2.56. The van der Waals surface area contributed by atoms with Gasteiger partial charge in [0.15, 0.2) is 0 Å². The highest BCUT2D eigenvalue weighted by Gasteiger charge is 2.41. The SMILES string of the molecule is CC(C)(C)c1cc(C(=O)O)c2c(c1)C(C)(C)c1cc(C(C)(C)C)cc(-c3c4nc(c(-c5c(Cl)cccc5Cl)c5ccc([nH]5)c(-c5c(Cl)cccc5Cl)c5nc(c(-c6c(Cl)cccc6Cl)c6ccc3[nH]6)C=C5)C=C4)c1O2. The average Bonchev–Trinajstić information content (AvgIpc) is 4.20. The van der Waals surface area contributed by atoms with E-state index in [-0.39, 0.29) is 22.1 Å². The molecule has 13 heteroatoms. The third-order valence-electron chi connectivity index (χ3n) is 14.4. The van der Waals surface area contributed by atoms with Crippen molar-refractivity contribution in [1.29, 1.82) is 0 Å². The normalized spacial score (nSPS) is 13.7. The molecule has 11 rings (SSSR count). The number of hydrogen-bond acceptors (Lipinski definition) is 4. The molecule has 0 spiro atoms. The number of carbonyl (C=O) groups is 1. The molecule has 376 valence electrons. The molecule has 8 aromatic rings. The number of aromatic nitrogens is 4. The Kier molecular flexibility index (Phi) is 12.5. The van der Waals surface area contributed by atoms with E-state index < -0.39 is 11.4 Å². The second kappa shape index (κ2) is 18.5. The quantitative estimate of drug-likeness (QED) is 0.159. The Hall–Kier alpha value is -6.29. The zero-order valence-corrected chi connectivity index (χ0v) is 46.6. The molecular weight excluding hydrogens is 1060 g/mol. The summed E-state index contributed by atoms with van der Waals surface area (Å²) in [5.41, 5.74) is 12.0. The zero-order chi connectivity index (χ0) is 53.2. The lowest BCUT2D eigenvalue weighted by Gasteiger charge is -2.38. The van der Waals surface area contributed by atoms with Gasteiger partial charge < -0.3 is 19.8 Å². The summed E-state index contributed by atoms with van der Waals surface area (Å²) in [6.07, 6.45) is 7.77. The summed E-state index contributed by atoms with van der Waals surface area (Å²) in [4.78, 5) is 31.8. The molecule has 0 fully saturated rings. The van der Waals surface area contributed by atoms with Crippen molar-refractivity contribution in [2.45, 2.75) is 71.6 Å². The Labute approximate surface area is 464 Å². The van der Waals surface area contributed by atoms with Crippen LogP contribution in [0.5, 0.6) is 11.5 Å². The van der Waals surface area contributed by atoms with Crippen molar-refractivity contribution in [3.63, 3.8) is 0 Å². The van der Waals surface area contributed by atoms with Gasteiger partial charge in [0.05, 0.1) is 52.9 Å². The molecule has 3 aromatic heterocycles. The minimum absolute atomic E-state index is 0.0803. The van der Waals surface area contributed by atoms with E-state index in [9.17, 15) is 9.90 Å². The maximum atomic E-state index is 13.4. The number of aromatic carboxylic acids is 1. The van der Waals surface area contributed by atoms with Gasteiger partial charge in [-0.2, -0.15) is 0 Å². The first-order valence-electron chi connectivity index (χ1n) is 24.3. The molecule has 8 bridgehead atoms. The maximum Gasteiger partial charge on any atom is 0.339 e. The van der Waals surface area contributed by atoms with Crippen LogP contribution in [0.25, 0.3) is 90.9 Å². The monoisotopic (exact) mass is 1110 g/mol. The fourth-order valence-corrected chi connectivity index (χ4v) is 12.1. The Morgan fingerprint density at radius 2 is 0.813 bits per heavy atom. The largest absolute Gasteiger partial charge is 0.478 e. The predicted molar refractivity (Wildman–Crippen MR) is 314 cm³/mol. The van der Waals surface area contributed by atoms with Gasteiger partial charge in [0, 0.05) is 83.1 Å². The summed E-state index contributed by atoms with van der Waals surface area (Å²) < 4.78 is 7.15. The molecule has 0 radical (unpaired) electrons. The van der Waals surface area contributed by atoms with Crippen LogP contribution in [0.3, 0.4) is 0 Å². The van der Waals surface area contributed by atoms with Crippen molar-refractivity contribution in [1.82, 2.24) is 19.9 Å². The van der Waals surface area contributed by atoms with Crippen molar-refractivity contribution >= 4 is 122 Å². The van der Waals surface area contributed by atoms with Gasteiger partial charge >= 0.3 is 5.97 Å². The van der Waals surface area contributed by atoms with E-state index in [1.807, 2.05) is 48.6 Å². The van der Waals surface area contributed by atoms with Crippen molar-refractivity contribution in [2.24, 2.45) is 0 Å². The second-order valence-corrected chi connectivity index (χ2v) is 24.1. The van der Waals surface area contributed by atoms with Crippen LogP contribution in [-0.2, 0) is 16.2 Å². The summed E-state index contributed by atoms with van der Waals surface area (Å²) in [6, 6.07) is 32.2. The van der Waals surface area contributed by atoms with E-state index >= 15 is 0 Å². The van der Waals surface area contributed by atoms with Crippen LogP contribution >= 0.6 is 69.6 Å². The first-order valence-corrected chi connectivity index (χ1v) is 26.6. The Morgan fingerprint density at radius 1 is 0.480 bits per heavy atom. The van der Waals surface area contributed by atoms with Crippen LogP contribution in [0.2, 0.25) is 30.1 Å². The first-order chi connectivity index (χ1) is 35.5. The van der Waals surface area contributed by atoms with E-state index in [0.29, 0.717) is 125 Å². The van der Waals surface area contributed by atoms with Gasteiger partial charge in [0.1, 0.15) is 17.1 Å². The first kappa shape index (κ1) is 50.8. The lowest BCUT2D eigenvalue weighted by atomic mass is 9.70. The summed E-state index contributed by atoms with van der Waals surface area (Å²) >= 11 is 42.8. The Balaban J connectivity index is 1.35. The van der Waals surface area contributed by atoms with E-state index in [0.717, 1.165) is 22.3 Å². The van der Waals surface area contributed by atoms with Gasteiger partial charge in [-0.3, -0.25) is 0 Å². The summed E-state index contributed by atoms with van der Waals surface area (Å²) in [6.45, 7) is 17.0. The van der Waals surface area contributed by atoms with Crippen molar-refractivity contribution in [3.05, 3.63) is 184 Å². The number of carboxylic acid groups (broad SMARTS) is 1.